The van der Waals surface area contributed by atoms with Gasteiger partial charge in [-0.25, -0.2) is 8.42 Å². The zero-order valence-electron chi connectivity index (χ0n) is 16.9. The zero-order valence-corrected chi connectivity index (χ0v) is 17.7. The second kappa shape index (κ2) is 9.85. The van der Waals surface area contributed by atoms with Crippen molar-refractivity contribution in [3.8, 4) is 0 Å². The van der Waals surface area contributed by atoms with Gasteiger partial charge in [0.25, 0.3) is 0 Å². The van der Waals surface area contributed by atoms with Crippen LogP contribution in [0.15, 0.2) is 30.3 Å². The second-order valence-electron chi connectivity index (χ2n) is 8.04. The van der Waals surface area contributed by atoms with E-state index in [9.17, 15) is 13.2 Å². The highest BCUT2D eigenvalue weighted by Crippen LogP contribution is 2.19. The minimum Gasteiger partial charge on any atom is -0.338 e. The predicted molar refractivity (Wildman–Crippen MR) is 112 cm³/mol. The van der Waals surface area contributed by atoms with E-state index in [0.29, 0.717) is 19.5 Å². The Kier molecular flexibility index (Phi) is 7.48. The second-order valence-corrected chi connectivity index (χ2v) is 10.3. The van der Waals surface area contributed by atoms with Gasteiger partial charge in [0.15, 0.2) is 9.84 Å². The summed E-state index contributed by atoms with van der Waals surface area (Å²) in [5, 5.41) is 0. The van der Waals surface area contributed by atoms with E-state index in [4.69, 9.17) is 0 Å². The maximum absolute atomic E-state index is 13.0. The van der Waals surface area contributed by atoms with Crippen molar-refractivity contribution in [3.05, 3.63) is 35.9 Å². The third-order valence-corrected chi connectivity index (χ3v) is 7.55. The Labute approximate surface area is 169 Å². The summed E-state index contributed by atoms with van der Waals surface area (Å²) in [6.07, 6.45) is 2.51. The molecule has 28 heavy (non-hydrogen) atoms. The molecule has 1 amide bonds. The first-order valence-corrected chi connectivity index (χ1v) is 12.3. The van der Waals surface area contributed by atoms with Crippen molar-refractivity contribution in [2.24, 2.45) is 0 Å². The van der Waals surface area contributed by atoms with Crippen LogP contribution in [0.2, 0.25) is 0 Å². The van der Waals surface area contributed by atoms with Crippen molar-refractivity contribution in [2.45, 2.75) is 38.8 Å². The van der Waals surface area contributed by atoms with E-state index in [0.717, 1.165) is 45.6 Å². The molecule has 0 aromatic heterocycles. The number of amides is 1. The van der Waals surface area contributed by atoms with E-state index in [-0.39, 0.29) is 23.5 Å². The Morgan fingerprint density at radius 1 is 1.11 bits per heavy atom. The number of carbonyl (C=O) groups is 1. The third-order valence-electron chi connectivity index (χ3n) is 5.79. The monoisotopic (exact) mass is 407 g/mol. The van der Waals surface area contributed by atoms with E-state index < -0.39 is 9.84 Å². The summed E-state index contributed by atoms with van der Waals surface area (Å²) < 4.78 is 23.7. The molecule has 0 bridgehead atoms. The van der Waals surface area contributed by atoms with Gasteiger partial charge in [-0.2, -0.15) is 0 Å². The topological polar surface area (TPSA) is 60.9 Å². The molecule has 2 aliphatic rings. The van der Waals surface area contributed by atoms with Gasteiger partial charge in [-0.1, -0.05) is 43.7 Å². The maximum Gasteiger partial charge on any atom is 0.237 e. The molecule has 0 saturated carbocycles. The van der Waals surface area contributed by atoms with Crippen molar-refractivity contribution in [3.63, 3.8) is 0 Å². The Balaban J connectivity index is 1.50. The Bertz CT molecular complexity index is 731. The van der Waals surface area contributed by atoms with Crippen molar-refractivity contribution in [1.82, 2.24) is 14.7 Å². The Morgan fingerprint density at radius 2 is 1.79 bits per heavy atom. The van der Waals surface area contributed by atoms with Gasteiger partial charge in [-0.15, -0.1) is 0 Å². The SMILES string of the molecule is CCCCN(C(=O)CN1CCN(Cc2ccccc2)CC1)C1CCS(=O)(=O)C1. The molecule has 2 saturated heterocycles. The van der Waals surface area contributed by atoms with Gasteiger partial charge in [-0.3, -0.25) is 14.6 Å². The fraction of sp³-hybridized carbons (Fsp3) is 0.667. The zero-order chi connectivity index (χ0) is 20.0. The molecule has 2 aliphatic heterocycles. The van der Waals surface area contributed by atoms with Crippen molar-refractivity contribution in [2.75, 3.05) is 50.8 Å². The van der Waals surface area contributed by atoms with Crippen LogP contribution in [-0.4, -0.2) is 85.8 Å². The molecule has 7 heteroatoms. The summed E-state index contributed by atoms with van der Waals surface area (Å²) in [6.45, 7) is 7.78. The number of benzene rings is 1. The average molecular weight is 408 g/mol. The van der Waals surface area contributed by atoms with Crippen molar-refractivity contribution >= 4 is 15.7 Å². The number of nitrogens with zero attached hydrogens (tertiary/aromatic N) is 3. The van der Waals surface area contributed by atoms with Gasteiger partial charge in [0.1, 0.15) is 0 Å². The maximum atomic E-state index is 13.0. The molecular weight excluding hydrogens is 374 g/mol. The van der Waals surface area contributed by atoms with Crippen LogP contribution in [0, 0.1) is 0 Å². The summed E-state index contributed by atoms with van der Waals surface area (Å²) >= 11 is 0. The fourth-order valence-electron chi connectivity index (χ4n) is 4.09. The van der Waals surface area contributed by atoms with E-state index in [1.807, 2.05) is 11.0 Å². The molecule has 6 nitrogen and oxygen atoms in total. The fourth-order valence-corrected chi connectivity index (χ4v) is 5.82. The molecule has 0 radical (unpaired) electrons. The Morgan fingerprint density at radius 3 is 2.39 bits per heavy atom. The summed E-state index contributed by atoms with van der Waals surface area (Å²) in [5.74, 6) is 0.436. The normalized spacial score (nSPS) is 23.0. The predicted octanol–water partition coefficient (Wildman–Crippen LogP) is 1.62. The van der Waals surface area contributed by atoms with Crippen LogP contribution in [0.5, 0.6) is 0 Å². The molecule has 1 atom stereocenters. The first kappa shape index (κ1) is 21.3. The molecule has 1 aromatic rings. The smallest absolute Gasteiger partial charge is 0.237 e. The number of carbonyl (C=O) groups excluding carboxylic acids is 1. The van der Waals surface area contributed by atoms with E-state index in [1.165, 1.54) is 5.56 Å². The van der Waals surface area contributed by atoms with Crippen LogP contribution in [0.4, 0.5) is 0 Å². The Hall–Kier alpha value is -1.44. The lowest BCUT2D eigenvalue weighted by atomic mass is 10.2. The van der Waals surface area contributed by atoms with Gasteiger partial charge in [0.2, 0.25) is 5.91 Å². The van der Waals surface area contributed by atoms with E-state index in [1.54, 1.807) is 0 Å². The van der Waals surface area contributed by atoms with Crippen molar-refractivity contribution < 1.29 is 13.2 Å². The molecule has 1 unspecified atom stereocenters. The lowest BCUT2D eigenvalue weighted by Gasteiger charge is -2.36. The number of unbranched alkanes of at least 4 members (excludes halogenated alkanes) is 1. The molecular formula is C21H33N3O3S. The van der Waals surface area contributed by atoms with Gasteiger partial charge < -0.3 is 4.90 Å². The van der Waals surface area contributed by atoms with Crippen LogP contribution in [0.3, 0.4) is 0 Å². The van der Waals surface area contributed by atoms with Crippen LogP contribution < -0.4 is 0 Å². The van der Waals surface area contributed by atoms with Crippen molar-refractivity contribution in [1.29, 1.82) is 0 Å². The number of rotatable bonds is 8. The molecule has 3 rings (SSSR count). The molecule has 2 heterocycles. The molecule has 156 valence electrons. The molecule has 0 spiro atoms. The van der Waals surface area contributed by atoms with E-state index in [2.05, 4.69) is 41.0 Å². The summed E-state index contributed by atoms with van der Waals surface area (Å²) in [6, 6.07) is 10.3. The van der Waals surface area contributed by atoms with Gasteiger partial charge in [0.05, 0.1) is 18.1 Å². The highest BCUT2D eigenvalue weighted by Gasteiger charge is 2.34. The number of sulfone groups is 1. The lowest BCUT2D eigenvalue weighted by molar-refractivity contribution is -0.134. The third kappa shape index (κ3) is 6.03. The highest BCUT2D eigenvalue weighted by atomic mass is 32.2. The summed E-state index contributed by atoms with van der Waals surface area (Å²) in [7, 11) is -2.98. The molecule has 0 aliphatic carbocycles. The number of hydrogen-bond donors (Lipinski definition) is 0. The molecule has 0 N–H and O–H groups in total. The average Bonchev–Trinajstić information content (AvgIpc) is 3.04. The quantitative estimate of drug-likeness (QED) is 0.655. The van der Waals surface area contributed by atoms with Gasteiger partial charge >= 0.3 is 0 Å². The lowest BCUT2D eigenvalue weighted by Crippen LogP contribution is -2.51. The van der Waals surface area contributed by atoms with Crippen LogP contribution in [0.25, 0.3) is 0 Å². The van der Waals surface area contributed by atoms with Gasteiger partial charge in [-0.05, 0) is 18.4 Å². The summed E-state index contributed by atoms with van der Waals surface area (Å²) in [4.78, 5) is 19.5. The highest BCUT2D eigenvalue weighted by molar-refractivity contribution is 7.91. The number of piperazine rings is 1. The largest absolute Gasteiger partial charge is 0.338 e. The van der Waals surface area contributed by atoms with Crippen LogP contribution in [0.1, 0.15) is 31.7 Å². The number of hydrogen-bond acceptors (Lipinski definition) is 5. The molecule has 1 aromatic carbocycles. The van der Waals surface area contributed by atoms with Crippen LogP contribution >= 0.6 is 0 Å². The standard InChI is InChI=1S/C21H33N3O3S/c1-2-3-10-24(20-9-15-28(26,27)18-20)21(25)17-23-13-11-22(12-14-23)16-19-7-5-4-6-8-19/h4-8,20H,2-3,9-18H2,1H3. The minimum absolute atomic E-state index is 0.0899. The minimum atomic E-state index is -2.98. The molecule has 2 fully saturated rings. The van der Waals surface area contributed by atoms with Gasteiger partial charge in [0, 0.05) is 45.3 Å². The first-order valence-electron chi connectivity index (χ1n) is 10.5. The van der Waals surface area contributed by atoms with Crippen LogP contribution in [-0.2, 0) is 21.2 Å². The van der Waals surface area contributed by atoms with E-state index >= 15 is 0 Å². The summed E-state index contributed by atoms with van der Waals surface area (Å²) in [5.41, 5.74) is 1.32. The first-order chi connectivity index (χ1) is 13.5.